The second kappa shape index (κ2) is 12.1. The van der Waals surface area contributed by atoms with Crippen molar-refractivity contribution in [1.29, 1.82) is 0 Å². The number of aromatic nitrogens is 2. The van der Waals surface area contributed by atoms with Gasteiger partial charge >= 0.3 is 0 Å². The van der Waals surface area contributed by atoms with E-state index in [1.807, 2.05) is 0 Å². The van der Waals surface area contributed by atoms with E-state index in [9.17, 15) is 27.6 Å². The summed E-state index contributed by atoms with van der Waals surface area (Å²) in [6.07, 6.45) is 1.31. The van der Waals surface area contributed by atoms with Crippen molar-refractivity contribution in [3.63, 3.8) is 0 Å². The van der Waals surface area contributed by atoms with Crippen molar-refractivity contribution < 1.29 is 22.8 Å². The summed E-state index contributed by atoms with van der Waals surface area (Å²) in [5, 5.41) is 6.01. The number of aromatic amines is 1. The van der Waals surface area contributed by atoms with Crippen LogP contribution in [0, 0.1) is 17.5 Å². The Bertz CT molecular complexity index is 1850. The molecule has 0 unspecified atom stereocenters. The fraction of sp³-hybridized carbons (Fsp3) is 0.125. The highest BCUT2D eigenvalue weighted by Crippen LogP contribution is 2.30. The van der Waals surface area contributed by atoms with E-state index >= 15 is 0 Å². The van der Waals surface area contributed by atoms with E-state index in [0.717, 1.165) is 24.3 Å². The normalized spacial score (nSPS) is 11.7. The maximum absolute atomic E-state index is 14.4. The first-order valence-electron chi connectivity index (χ1n) is 13.0. The number of H-pyrrole nitrogens is 1. The van der Waals surface area contributed by atoms with Crippen molar-refractivity contribution in [3.05, 3.63) is 135 Å². The maximum atomic E-state index is 14.4. The smallest absolute Gasteiger partial charge is 0.254 e. The third kappa shape index (κ3) is 6.22. The summed E-state index contributed by atoms with van der Waals surface area (Å²) in [7, 11) is 1.39. The minimum Gasteiger partial charge on any atom is -0.355 e. The van der Waals surface area contributed by atoms with Gasteiger partial charge in [0.25, 0.3) is 5.91 Å². The van der Waals surface area contributed by atoms with Crippen molar-refractivity contribution in [1.82, 2.24) is 20.6 Å². The Balaban J connectivity index is 1.55. The summed E-state index contributed by atoms with van der Waals surface area (Å²) < 4.78 is 42.6. The predicted molar refractivity (Wildman–Crippen MR) is 152 cm³/mol. The zero-order chi connectivity index (χ0) is 29.8. The molecule has 10 heteroatoms. The second-order valence-electron chi connectivity index (χ2n) is 9.69. The number of para-hydroxylation sites is 1. The first-order chi connectivity index (χ1) is 20.2. The van der Waals surface area contributed by atoms with E-state index < -0.39 is 35.3 Å². The summed E-state index contributed by atoms with van der Waals surface area (Å²) in [6.45, 7) is 0. The number of halogens is 3. The van der Waals surface area contributed by atoms with Gasteiger partial charge in [-0.25, -0.2) is 13.2 Å². The molecule has 0 aliphatic carbocycles. The molecule has 0 aliphatic heterocycles. The van der Waals surface area contributed by atoms with Crippen LogP contribution in [-0.4, -0.2) is 28.8 Å². The molecular weight excluding hydrogens is 545 g/mol. The number of benzene rings is 3. The van der Waals surface area contributed by atoms with Crippen LogP contribution in [-0.2, 0) is 17.6 Å². The second-order valence-corrected chi connectivity index (χ2v) is 9.69. The van der Waals surface area contributed by atoms with Crippen molar-refractivity contribution in [2.75, 3.05) is 7.05 Å². The summed E-state index contributed by atoms with van der Waals surface area (Å²) in [5.74, 6) is -3.35. The molecule has 0 aliphatic rings. The van der Waals surface area contributed by atoms with Gasteiger partial charge in [0.05, 0.1) is 23.7 Å². The molecule has 7 nitrogen and oxygen atoms in total. The van der Waals surface area contributed by atoms with Crippen molar-refractivity contribution >= 4 is 22.7 Å². The molecule has 0 radical (unpaired) electrons. The zero-order valence-electron chi connectivity index (χ0n) is 22.4. The van der Waals surface area contributed by atoms with E-state index in [2.05, 4.69) is 20.6 Å². The Morgan fingerprint density at radius 2 is 1.69 bits per heavy atom. The molecule has 0 fully saturated rings. The lowest BCUT2D eigenvalue weighted by molar-refractivity contribution is -0.121. The van der Waals surface area contributed by atoms with Gasteiger partial charge in [0.1, 0.15) is 17.5 Å². The first-order valence-corrected chi connectivity index (χ1v) is 13.0. The number of hydrogen-bond acceptors (Lipinski definition) is 4. The number of rotatable bonds is 8. The predicted octanol–water partition coefficient (Wildman–Crippen LogP) is 5.01. The Labute approximate surface area is 238 Å². The molecule has 3 N–H and O–H groups in total. The van der Waals surface area contributed by atoms with Crippen LogP contribution in [0.3, 0.4) is 0 Å². The number of carbonyl (C=O) groups excluding carboxylic acids is 2. The van der Waals surface area contributed by atoms with E-state index in [-0.39, 0.29) is 29.5 Å². The molecule has 5 rings (SSSR count). The van der Waals surface area contributed by atoms with E-state index in [1.165, 1.54) is 31.4 Å². The molecule has 2 aromatic heterocycles. The molecule has 42 heavy (non-hydrogen) atoms. The van der Waals surface area contributed by atoms with Gasteiger partial charge in [-0.1, -0.05) is 30.3 Å². The number of fused-ring (bicyclic) bond motifs is 1. The fourth-order valence-electron chi connectivity index (χ4n) is 4.96. The van der Waals surface area contributed by atoms with E-state index in [4.69, 9.17) is 0 Å². The highest BCUT2D eigenvalue weighted by Gasteiger charge is 2.23. The molecule has 3 aromatic carbocycles. The van der Waals surface area contributed by atoms with E-state index in [1.54, 1.807) is 36.4 Å². The van der Waals surface area contributed by atoms with Gasteiger partial charge in [-0.3, -0.25) is 19.4 Å². The molecule has 0 spiro atoms. The van der Waals surface area contributed by atoms with Crippen molar-refractivity contribution in [3.8, 4) is 11.1 Å². The number of nitrogens with one attached hydrogen (secondary N) is 3. The molecule has 2 heterocycles. The van der Waals surface area contributed by atoms with Gasteiger partial charge in [-0.15, -0.1) is 0 Å². The quantitative estimate of drug-likeness (QED) is 0.244. The van der Waals surface area contributed by atoms with Crippen LogP contribution in [0.25, 0.3) is 22.0 Å². The fourth-order valence-corrected chi connectivity index (χ4v) is 4.96. The SMILES string of the molecule is CNC(=O)c1cc(-c2cccnc2[C@H](Cc2cc(F)cc(F)c2)NC(=O)Cc2cc(=O)[nH]c3ccccc23)ccc1F. The van der Waals surface area contributed by atoms with Gasteiger partial charge < -0.3 is 15.6 Å². The van der Waals surface area contributed by atoms with Gasteiger partial charge in [-0.2, -0.15) is 0 Å². The molecule has 1 atom stereocenters. The molecule has 2 amide bonds. The topological polar surface area (TPSA) is 104 Å². The molecule has 0 saturated heterocycles. The van der Waals surface area contributed by atoms with Crippen molar-refractivity contribution in [2.45, 2.75) is 18.9 Å². The average Bonchev–Trinajstić information content (AvgIpc) is 2.96. The Morgan fingerprint density at radius 1 is 0.929 bits per heavy atom. The van der Waals surface area contributed by atoms with Crippen LogP contribution in [0.2, 0.25) is 0 Å². The maximum Gasteiger partial charge on any atom is 0.254 e. The van der Waals surface area contributed by atoms with E-state index in [0.29, 0.717) is 33.3 Å². The van der Waals surface area contributed by atoms with Crippen LogP contribution in [0.15, 0.2) is 89.9 Å². The van der Waals surface area contributed by atoms with Crippen LogP contribution >= 0.6 is 0 Å². The monoisotopic (exact) mass is 570 g/mol. The standard InChI is InChI=1S/C32H25F3N4O3/c1-36-32(42)25-14-19(8-9-26(25)35)24-6-4-10-37-31(24)28(13-18-11-21(33)17-22(34)12-18)39-30(41)16-20-15-29(40)38-27-7-3-2-5-23(20)27/h2-12,14-15,17,28H,13,16H2,1H3,(H,36,42)(H,38,40)(H,39,41)/t28-/m0/s1. The third-order valence-corrected chi connectivity index (χ3v) is 6.80. The van der Waals surface area contributed by atoms with Gasteiger partial charge in [0.15, 0.2) is 0 Å². The highest BCUT2D eigenvalue weighted by molar-refractivity contribution is 5.95. The zero-order valence-corrected chi connectivity index (χ0v) is 22.4. The summed E-state index contributed by atoms with van der Waals surface area (Å²) in [6, 6.07) is 18.0. The third-order valence-electron chi connectivity index (χ3n) is 6.80. The molecular formula is C32H25F3N4O3. The van der Waals surface area contributed by atoms with Crippen LogP contribution in [0.4, 0.5) is 13.2 Å². The summed E-state index contributed by atoms with van der Waals surface area (Å²) >= 11 is 0. The van der Waals surface area contributed by atoms with Crippen LogP contribution in [0.1, 0.15) is 33.2 Å². The van der Waals surface area contributed by atoms with Gasteiger partial charge in [0.2, 0.25) is 11.5 Å². The van der Waals surface area contributed by atoms with Crippen LogP contribution < -0.4 is 16.2 Å². The lowest BCUT2D eigenvalue weighted by Crippen LogP contribution is -2.32. The number of nitrogens with zero attached hydrogens (tertiary/aromatic N) is 1. The number of pyridine rings is 2. The summed E-state index contributed by atoms with van der Waals surface area (Å²) in [4.78, 5) is 45.2. The minimum absolute atomic E-state index is 0.0376. The minimum atomic E-state index is -0.892. The largest absolute Gasteiger partial charge is 0.355 e. The van der Waals surface area contributed by atoms with Gasteiger partial charge in [-0.05, 0) is 59.5 Å². The Morgan fingerprint density at radius 3 is 2.45 bits per heavy atom. The average molecular weight is 571 g/mol. The number of amides is 2. The van der Waals surface area contributed by atoms with Crippen LogP contribution in [0.5, 0.6) is 0 Å². The molecule has 0 bridgehead atoms. The number of carbonyl (C=O) groups is 2. The Kier molecular flexibility index (Phi) is 8.14. The van der Waals surface area contributed by atoms with Crippen molar-refractivity contribution in [2.24, 2.45) is 0 Å². The number of hydrogen-bond donors (Lipinski definition) is 3. The molecule has 0 saturated carbocycles. The molecule has 212 valence electrons. The highest BCUT2D eigenvalue weighted by atomic mass is 19.1. The van der Waals surface area contributed by atoms with Gasteiger partial charge in [0, 0.05) is 41.8 Å². The first kappa shape index (κ1) is 28.3. The Hall–Kier alpha value is -5.25. The summed E-state index contributed by atoms with van der Waals surface area (Å²) in [5.41, 5.74) is 2.06. The lowest BCUT2D eigenvalue weighted by atomic mass is 9.94. The molecule has 5 aromatic rings. The lowest BCUT2D eigenvalue weighted by Gasteiger charge is -2.22.